The molecule has 0 saturated heterocycles. The van der Waals surface area contributed by atoms with Gasteiger partial charge in [0.25, 0.3) is 0 Å². The first-order valence-corrected chi connectivity index (χ1v) is 13.5. The number of fused-ring (bicyclic) bond motifs is 1. The Hall–Kier alpha value is -2.98. The van der Waals surface area contributed by atoms with Gasteiger partial charge in [0.1, 0.15) is 6.04 Å². The van der Waals surface area contributed by atoms with Gasteiger partial charge in [-0.1, -0.05) is 23.7 Å². The molecule has 3 rings (SSSR count). The molecular weight excluding hydrogens is 494 g/mol. The van der Waals surface area contributed by atoms with Crippen LogP contribution in [0.4, 0.5) is 5.69 Å². The lowest BCUT2D eigenvalue weighted by Crippen LogP contribution is -2.47. The smallest absolute Gasteiger partial charge is 0.242 e. The number of amides is 2. The minimum absolute atomic E-state index is 0.0564. The Morgan fingerprint density at radius 1 is 1.14 bits per heavy atom. The highest BCUT2D eigenvalue weighted by atomic mass is 35.5. The molecule has 1 N–H and O–H groups in total. The zero-order valence-corrected chi connectivity index (χ0v) is 21.6. The van der Waals surface area contributed by atoms with Gasteiger partial charge in [-0.2, -0.15) is 0 Å². The minimum atomic E-state index is -3.61. The summed E-state index contributed by atoms with van der Waals surface area (Å²) in [7, 11) is -3.61. The molecule has 0 bridgehead atoms. The summed E-state index contributed by atoms with van der Waals surface area (Å²) >= 11 is 6.09. The van der Waals surface area contributed by atoms with Crippen LogP contribution in [0.2, 0.25) is 5.02 Å². The topological polar surface area (TPSA) is 105 Å². The minimum Gasteiger partial charge on any atom is -0.454 e. The predicted octanol–water partition coefficient (Wildman–Crippen LogP) is 3.17. The summed E-state index contributed by atoms with van der Waals surface area (Å²) in [6.45, 7) is 4.30. The molecule has 190 valence electrons. The lowest BCUT2D eigenvalue weighted by atomic mass is 10.1. The van der Waals surface area contributed by atoms with Crippen LogP contribution in [0.5, 0.6) is 11.5 Å². The number of carbonyl (C=O) groups is 2. The van der Waals surface area contributed by atoms with Crippen LogP contribution in [0.15, 0.2) is 42.5 Å². The van der Waals surface area contributed by atoms with Crippen molar-refractivity contribution in [2.24, 2.45) is 0 Å². The van der Waals surface area contributed by atoms with E-state index in [1.165, 1.54) is 9.21 Å². The van der Waals surface area contributed by atoms with Gasteiger partial charge in [0.15, 0.2) is 11.5 Å². The highest BCUT2D eigenvalue weighted by molar-refractivity contribution is 7.92. The first-order valence-electron chi connectivity index (χ1n) is 11.3. The molecule has 0 radical (unpaired) electrons. The Morgan fingerprint density at radius 2 is 1.89 bits per heavy atom. The Labute approximate surface area is 211 Å². The van der Waals surface area contributed by atoms with E-state index in [2.05, 4.69) is 5.32 Å². The molecule has 0 aliphatic carbocycles. The van der Waals surface area contributed by atoms with E-state index in [9.17, 15) is 18.0 Å². The lowest BCUT2D eigenvalue weighted by molar-refractivity contribution is -0.140. The molecular formula is C24H30ClN3O6S. The van der Waals surface area contributed by atoms with E-state index in [0.717, 1.165) is 11.8 Å². The second-order valence-corrected chi connectivity index (χ2v) is 10.5. The molecule has 1 atom stereocenters. The van der Waals surface area contributed by atoms with Gasteiger partial charge in [0, 0.05) is 37.1 Å². The van der Waals surface area contributed by atoms with Crippen molar-refractivity contribution in [1.29, 1.82) is 0 Å². The third-order valence-electron chi connectivity index (χ3n) is 5.56. The van der Waals surface area contributed by atoms with E-state index >= 15 is 0 Å². The van der Waals surface area contributed by atoms with Crippen molar-refractivity contribution in [2.45, 2.75) is 39.3 Å². The summed E-state index contributed by atoms with van der Waals surface area (Å²) in [6.07, 6.45) is 1.43. The molecule has 1 unspecified atom stereocenters. The Kier molecular flexibility index (Phi) is 8.85. The summed E-state index contributed by atoms with van der Waals surface area (Å²) < 4.78 is 36.8. The zero-order chi connectivity index (χ0) is 25.6. The highest BCUT2D eigenvalue weighted by Crippen LogP contribution is 2.36. The van der Waals surface area contributed by atoms with Crippen LogP contribution < -0.4 is 19.1 Å². The van der Waals surface area contributed by atoms with E-state index in [0.29, 0.717) is 28.8 Å². The van der Waals surface area contributed by atoms with Crippen molar-refractivity contribution in [1.82, 2.24) is 10.2 Å². The number of halogens is 1. The van der Waals surface area contributed by atoms with Gasteiger partial charge < -0.3 is 19.7 Å². The van der Waals surface area contributed by atoms with Crippen LogP contribution >= 0.6 is 11.6 Å². The van der Waals surface area contributed by atoms with E-state index in [-0.39, 0.29) is 44.5 Å². The quantitative estimate of drug-likeness (QED) is 0.485. The van der Waals surface area contributed by atoms with E-state index in [1.807, 2.05) is 13.0 Å². The van der Waals surface area contributed by atoms with Gasteiger partial charge in [-0.25, -0.2) is 8.42 Å². The maximum atomic E-state index is 13.2. The molecule has 0 saturated carbocycles. The molecule has 35 heavy (non-hydrogen) atoms. The Bertz CT molecular complexity index is 1170. The maximum absolute atomic E-state index is 13.2. The third-order valence-corrected chi connectivity index (χ3v) is 6.99. The first kappa shape index (κ1) is 26.6. The first-order chi connectivity index (χ1) is 16.6. The number of likely N-dealkylation sites (N-methyl/N-ethyl adjacent to an activating group) is 1. The number of ether oxygens (including phenoxy) is 2. The third kappa shape index (κ3) is 7.02. The second-order valence-electron chi connectivity index (χ2n) is 8.20. The number of hydrogen-bond donors (Lipinski definition) is 1. The van der Waals surface area contributed by atoms with Crippen LogP contribution in [0.3, 0.4) is 0 Å². The molecule has 2 aromatic rings. The molecule has 0 fully saturated rings. The SMILES string of the molecule is CCNC(=O)C(C)N(Cc1cccc(Cl)c1)C(=O)CCCN(c1ccc2c(c1)OCO2)S(C)(=O)=O. The lowest BCUT2D eigenvalue weighted by Gasteiger charge is -2.29. The number of nitrogens with one attached hydrogen (secondary N) is 1. The van der Waals surface area contributed by atoms with Gasteiger partial charge >= 0.3 is 0 Å². The van der Waals surface area contributed by atoms with Gasteiger partial charge in [0.05, 0.1) is 11.9 Å². The number of benzene rings is 2. The average Bonchev–Trinajstić information content (AvgIpc) is 3.27. The van der Waals surface area contributed by atoms with E-state index < -0.39 is 16.1 Å². The zero-order valence-electron chi connectivity index (χ0n) is 20.0. The summed E-state index contributed by atoms with van der Waals surface area (Å²) in [4.78, 5) is 27.2. The number of hydrogen-bond acceptors (Lipinski definition) is 6. The van der Waals surface area contributed by atoms with Crippen molar-refractivity contribution in [3.63, 3.8) is 0 Å². The standard InChI is InChI=1S/C24H30ClN3O6S/c1-4-26-24(30)17(2)27(15-18-7-5-8-19(25)13-18)23(29)9-6-12-28(35(3,31)32)20-10-11-21-22(14-20)34-16-33-21/h5,7-8,10-11,13-14,17H,4,6,9,12,15-16H2,1-3H3,(H,26,30). The van der Waals surface area contributed by atoms with Gasteiger partial charge in [-0.3, -0.25) is 13.9 Å². The fraction of sp³-hybridized carbons (Fsp3) is 0.417. The van der Waals surface area contributed by atoms with Crippen LogP contribution in [-0.2, 0) is 26.2 Å². The predicted molar refractivity (Wildman–Crippen MR) is 134 cm³/mol. The summed E-state index contributed by atoms with van der Waals surface area (Å²) in [5, 5.41) is 3.28. The number of sulfonamides is 1. The van der Waals surface area contributed by atoms with Crippen molar-refractivity contribution >= 4 is 39.1 Å². The monoisotopic (exact) mass is 523 g/mol. The molecule has 0 aromatic heterocycles. The van der Waals surface area contributed by atoms with Crippen LogP contribution in [0.1, 0.15) is 32.3 Å². The van der Waals surface area contributed by atoms with E-state index in [1.54, 1.807) is 43.3 Å². The van der Waals surface area contributed by atoms with Crippen molar-refractivity contribution in [3.8, 4) is 11.5 Å². The molecule has 1 aliphatic heterocycles. The number of anilines is 1. The summed E-state index contributed by atoms with van der Waals surface area (Å²) in [6, 6.07) is 11.3. The second kappa shape index (κ2) is 11.6. The van der Waals surface area contributed by atoms with Gasteiger partial charge in [-0.05, 0) is 50.1 Å². The molecule has 11 heteroatoms. The highest BCUT2D eigenvalue weighted by Gasteiger charge is 2.27. The Morgan fingerprint density at radius 3 is 2.57 bits per heavy atom. The number of rotatable bonds is 11. The summed E-state index contributed by atoms with van der Waals surface area (Å²) in [5.41, 5.74) is 1.22. The molecule has 9 nitrogen and oxygen atoms in total. The molecule has 1 heterocycles. The Balaban J connectivity index is 1.72. The molecule has 2 amide bonds. The van der Waals surface area contributed by atoms with Crippen molar-refractivity contribution in [2.75, 3.05) is 30.4 Å². The summed E-state index contributed by atoms with van der Waals surface area (Å²) in [5.74, 6) is 0.493. The fourth-order valence-electron chi connectivity index (χ4n) is 3.78. The van der Waals surface area contributed by atoms with Crippen molar-refractivity contribution < 1.29 is 27.5 Å². The largest absolute Gasteiger partial charge is 0.454 e. The number of nitrogens with zero attached hydrogens (tertiary/aromatic N) is 2. The normalized spacial score (nSPS) is 13.3. The van der Waals surface area contributed by atoms with Gasteiger partial charge in [0.2, 0.25) is 28.6 Å². The van der Waals surface area contributed by atoms with Gasteiger partial charge in [-0.15, -0.1) is 0 Å². The van der Waals surface area contributed by atoms with Crippen LogP contribution in [0.25, 0.3) is 0 Å². The number of carbonyl (C=O) groups excluding carboxylic acids is 2. The van der Waals surface area contributed by atoms with Crippen LogP contribution in [0, 0.1) is 0 Å². The van der Waals surface area contributed by atoms with Crippen LogP contribution in [-0.4, -0.2) is 57.3 Å². The fourth-order valence-corrected chi connectivity index (χ4v) is 4.95. The average molecular weight is 524 g/mol. The molecule has 2 aromatic carbocycles. The molecule has 0 spiro atoms. The maximum Gasteiger partial charge on any atom is 0.242 e. The van der Waals surface area contributed by atoms with Crippen molar-refractivity contribution in [3.05, 3.63) is 53.1 Å². The van der Waals surface area contributed by atoms with E-state index in [4.69, 9.17) is 21.1 Å². The molecule has 1 aliphatic rings.